The van der Waals surface area contributed by atoms with Crippen molar-refractivity contribution in [2.45, 2.75) is 30.7 Å². The highest BCUT2D eigenvalue weighted by Gasteiger charge is 2.23. The third kappa shape index (κ3) is 7.32. The summed E-state index contributed by atoms with van der Waals surface area (Å²) in [4.78, 5) is 34.1. The Labute approximate surface area is 145 Å². The fourth-order valence-corrected chi connectivity index (χ4v) is 2.15. The number of hydrogen-bond acceptors (Lipinski definition) is 4. The van der Waals surface area contributed by atoms with Crippen molar-refractivity contribution in [1.29, 1.82) is 0 Å². The number of aliphatic carboxylic acids is 1. The number of alkyl halides is 1. The molecule has 0 aliphatic heterocycles. The van der Waals surface area contributed by atoms with Crippen LogP contribution in [0.1, 0.15) is 18.4 Å². The number of ether oxygens (including phenoxy) is 1. The van der Waals surface area contributed by atoms with Crippen molar-refractivity contribution >= 4 is 29.6 Å². The lowest BCUT2D eigenvalue weighted by molar-refractivity contribution is -0.141. The van der Waals surface area contributed by atoms with E-state index in [0.29, 0.717) is 12.8 Å². The molecule has 132 valence electrons. The molecule has 0 bridgehead atoms. The fourth-order valence-electron chi connectivity index (χ4n) is 1.98. The number of amides is 2. The molecule has 0 heterocycles. The molecule has 0 aromatic heterocycles. The highest BCUT2D eigenvalue weighted by atomic mass is 35.5. The zero-order valence-electron chi connectivity index (χ0n) is 13.3. The first-order valence-corrected chi connectivity index (χ1v) is 7.90. The van der Waals surface area contributed by atoms with Gasteiger partial charge >= 0.3 is 12.1 Å². The van der Waals surface area contributed by atoms with Gasteiger partial charge in [-0.2, -0.15) is 0 Å². The van der Waals surface area contributed by atoms with Crippen LogP contribution in [0.4, 0.5) is 4.79 Å². The standard InChI is InChI=1S/C16H21ClN2O5/c1-24-16(23)18-10-9-13(15(21)22)19-14(20)12(17)8-7-11-5-3-2-4-6-11/h2-6,12-13H,7-10H2,1H3,(H,18,23)(H,19,20)(H,21,22)/t12-,13+/m1/s1. The zero-order chi connectivity index (χ0) is 17.9. The predicted octanol–water partition coefficient (Wildman–Crippen LogP) is 1.54. The van der Waals surface area contributed by atoms with Crippen LogP contribution in [0.5, 0.6) is 0 Å². The maximum absolute atomic E-state index is 12.0. The summed E-state index contributed by atoms with van der Waals surface area (Å²) in [5, 5.41) is 13.0. The SMILES string of the molecule is COC(=O)NCC[C@H](NC(=O)[C@H](Cl)CCc1ccccc1)C(=O)O. The number of carbonyl (C=O) groups is 3. The first-order valence-electron chi connectivity index (χ1n) is 7.47. The number of hydrogen-bond donors (Lipinski definition) is 3. The van der Waals surface area contributed by atoms with E-state index in [9.17, 15) is 14.4 Å². The van der Waals surface area contributed by atoms with Gasteiger partial charge in [-0.05, 0) is 24.8 Å². The van der Waals surface area contributed by atoms with Crippen LogP contribution >= 0.6 is 11.6 Å². The molecule has 3 N–H and O–H groups in total. The maximum Gasteiger partial charge on any atom is 0.406 e. The Morgan fingerprint density at radius 2 is 1.88 bits per heavy atom. The number of alkyl carbamates (subject to hydrolysis) is 1. The Morgan fingerprint density at radius 3 is 2.46 bits per heavy atom. The lowest BCUT2D eigenvalue weighted by Gasteiger charge is -2.17. The van der Waals surface area contributed by atoms with Gasteiger partial charge in [0.2, 0.25) is 5.91 Å². The number of nitrogens with one attached hydrogen (secondary N) is 2. The molecular weight excluding hydrogens is 336 g/mol. The molecule has 0 spiro atoms. The number of rotatable bonds is 9. The average Bonchev–Trinajstić information content (AvgIpc) is 2.59. The Bertz CT molecular complexity index is 553. The Kier molecular flexibility index (Phi) is 8.64. The first-order chi connectivity index (χ1) is 11.4. The quantitative estimate of drug-likeness (QED) is 0.582. The van der Waals surface area contributed by atoms with Crippen LogP contribution in [0.2, 0.25) is 0 Å². The third-order valence-corrected chi connectivity index (χ3v) is 3.73. The summed E-state index contributed by atoms with van der Waals surface area (Å²) in [5.74, 6) is -1.74. The molecule has 0 radical (unpaired) electrons. The smallest absolute Gasteiger partial charge is 0.406 e. The summed E-state index contributed by atoms with van der Waals surface area (Å²) in [6.45, 7) is 0.0564. The molecule has 2 amide bonds. The van der Waals surface area contributed by atoms with Crippen LogP contribution < -0.4 is 10.6 Å². The monoisotopic (exact) mass is 356 g/mol. The van der Waals surface area contributed by atoms with Crippen molar-refractivity contribution in [3.63, 3.8) is 0 Å². The van der Waals surface area contributed by atoms with E-state index in [-0.39, 0.29) is 13.0 Å². The van der Waals surface area contributed by atoms with Crippen molar-refractivity contribution in [2.24, 2.45) is 0 Å². The molecule has 0 aliphatic rings. The van der Waals surface area contributed by atoms with Gasteiger partial charge in [0.15, 0.2) is 0 Å². The van der Waals surface area contributed by atoms with E-state index in [4.69, 9.17) is 16.7 Å². The molecule has 7 nitrogen and oxygen atoms in total. The first kappa shape index (κ1) is 19.8. The normalized spacial score (nSPS) is 12.8. The zero-order valence-corrected chi connectivity index (χ0v) is 14.1. The summed E-state index contributed by atoms with van der Waals surface area (Å²) in [6, 6.07) is 8.42. The molecule has 1 aromatic rings. The minimum absolute atomic E-state index is 0.0263. The number of carboxylic acids is 1. The molecule has 1 rings (SSSR count). The molecular formula is C16H21ClN2O5. The number of aryl methyl sites for hydroxylation is 1. The highest BCUT2D eigenvalue weighted by Crippen LogP contribution is 2.10. The van der Waals surface area contributed by atoms with Crippen molar-refractivity contribution in [3.05, 3.63) is 35.9 Å². The van der Waals surface area contributed by atoms with E-state index in [1.807, 2.05) is 30.3 Å². The molecule has 0 aliphatic carbocycles. The van der Waals surface area contributed by atoms with Crippen molar-refractivity contribution < 1.29 is 24.2 Å². The van der Waals surface area contributed by atoms with Crippen molar-refractivity contribution in [3.8, 4) is 0 Å². The molecule has 0 saturated heterocycles. The van der Waals surface area contributed by atoms with Gasteiger partial charge in [0.05, 0.1) is 7.11 Å². The van der Waals surface area contributed by atoms with Gasteiger partial charge in [-0.15, -0.1) is 11.6 Å². The Morgan fingerprint density at radius 1 is 1.21 bits per heavy atom. The van der Waals surface area contributed by atoms with Crippen LogP contribution in [0.15, 0.2) is 30.3 Å². The summed E-state index contributed by atoms with van der Waals surface area (Å²) in [6.07, 6.45) is 0.371. The fraction of sp³-hybridized carbons (Fsp3) is 0.438. The summed E-state index contributed by atoms with van der Waals surface area (Å²) in [7, 11) is 1.20. The third-order valence-electron chi connectivity index (χ3n) is 3.32. The van der Waals surface area contributed by atoms with Gasteiger partial charge in [0.1, 0.15) is 11.4 Å². The molecule has 1 aromatic carbocycles. The number of halogens is 1. The van der Waals surface area contributed by atoms with Gasteiger partial charge in [-0.25, -0.2) is 9.59 Å². The highest BCUT2D eigenvalue weighted by molar-refractivity contribution is 6.30. The molecule has 0 unspecified atom stereocenters. The van der Waals surface area contributed by atoms with E-state index in [1.54, 1.807) is 0 Å². The van der Waals surface area contributed by atoms with Crippen LogP contribution in [0, 0.1) is 0 Å². The predicted molar refractivity (Wildman–Crippen MR) is 89.0 cm³/mol. The van der Waals surface area contributed by atoms with Gasteiger partial charge in [0.25, 0.3) is 0 Å². The lowest BCUT2D eigenvalue weighted by Crippen LogP contribution is -2.45. The number of methoxy groups -OCH3 is 1. The second-order valence-corrected chi connectivity index (χ2v) is 5.63. The molecule has 0 saturated carbocycles. The van der Waals surface area contributed by atoms with Gasteiger partial charge in [-0.3, -0.25) is 4.79 Å². The Balaban J connectivity index is 2.42. The number of carbonyl (C=O) groups excluding carboxylic acids is 2. The van der Waals surface area contributed by atoms with Crippen LogP contribution in [-0.2, 0) is 20.7 Å². The maximum atomic E-state index is 12.0. The van der Waals surface area contributed by atoms with E-state index >= 15 is 0 Å². The minimum atomic E-state index is -1.19. The summed E-state index contributed by atoms with van der Waals surface area (Å²) in [5.41, 5.74) is 1.05. The lowest BCUT2D eigenvalue weighted by atomic mass is 10.1. The van der Waals surface area contributed by atoms with E-state index in [2.05, 4.69) is 15.4 Å². The van der Waals surface area contributed by atoms with Crippen molar-refractivity contribution in [1.82, 2.24) is 10.6 Å². The molecule has 2 atom stereocenters. The van der Waals surface area contributed by atoms with Crippen LogP contribution in [-0.4, -0.2) is 48.1 Å². The van der Waals surface area contributed by atoms with Crippen LogP contribution in [0.25, 0.3) is 0 Å². The van der Waals surface area contributed by atoms with E-state index in [1.165, 1.54) is 7.11 Å². The largest absolute Gasteiger partial charge is 0.480 e. The van der Waals surface area contributed by atoms with Gasteiger partial charge < -0.3 is 20.5 Å². The number of benzene rings is 1. The van der Waals surface area contributed by atoms with Gasteiger partial charge in [0, 0.05) is 6.54 Å². The summed E-state index contributed by atoms with van der Waals surface area (Å²) < 4.78 is 4.38. The summed E-state index contributed by atoms with van der Waals surface area (Å²) >= 11 is 6.04. The molecule has 8 heteroatoms. The minimum Gasteiger partial charge on any atom is -0.480 e. The second-order valence-electron chi connectivity index (χ2n) is 5.10. The average molecular weight is 357 g/mol. The van der Waals surface area contributed by atoms with Gasteiger partial charge in [-0.1, -0.05) is 30.3 Å². The van der Waals surface area contributed by atoms with E-state index < -0.39 is 29.4 Å². The van der Waals surface area contributed by atoms with E-state index in [0.717, 1.165) is 5.56 Å². The second kappa shape index (κ2) is 10.5. The van der Waals surface area contributed by atoms with Crippen LogP contribution in [0.3, 0.4) is 0 Å². The molecule has 0 fully saturated rings. The Hall–Kier alpha value is -2.28. The number of carboxylic acid groups (broad SMARTS) is 1. The van der Waals surface area contributed by atoms with Crippen molar-refractivity contribution in [2.75, 3.05) is 13.7 Å². The molecule has 24 heavy (non-hydrogen) atoms. The topological polar surface area (TPSA) is 105 Å².